The first-order valence-electron chi connectivity index (χ1n) is 35.7. The van der Waals surface area contributed by atoms with Gasteiger partial charge in [0.15, 0.2) is 6.10 Å². The van der Waals surface area contributed by atoms with Crippen LogP contribution in [0.3, 0.4) is 0 Å². The molecule has 6 nitrogen and oxygen atoms in total. The van der Waals surface area contributed by atoms with Crippen molar-refractivity contribution in [2.24, 2.45) is 0 Å². The Balaban J connectivity index is 4.25. The molecule has 0 aliphatic rings. The van der Waals surface area contributed by atoms with Gasteiger partial charge < -0.3 is 14.2 Å². The molecule has 478 valence electrons. The second kappa shape index (κ2) is 70.8. The number of hydrogen-bond donors (Lipinski definition) is 0. The van der Waals surface area contributed by atoms with Crippen molar-refractivity contribution >= 4 is 17.9 Å². The van der Waals surface area contributed by atoms with Gasteiger partial charge in [0.1, 0.15) is 13.2 Å². The minimum absolute atomic E-state index is 0.103. The third-order valence-electron chi connectivity index (χ3n) is 15.6. The van der Waals surface area contributed by atoms with Crippen LogP contribution in [0.15, 0.2) is 97.2 Å². The van der Waals surface area contributed by atoms with Crippen LogP contribution in [0.1, 0.15) is 355 Å². The summed E-state index contributed by atoms with van der Waals surface area (Å²) >= 11 is 0. The molecule has 1 atom stereocenters. The van der Waals surface area contributed by atoms with Crippen LogP contribution in [0, 0.1) is 0 Å². The fraction of sp³-hybridized carbons (Fsp3) is 0.753. The fourth-order valence-corrected chi connectivity index (χ4v) is 10.2. The molecular formula is C77H134O6. The first-order valence-corrected chi connectivity index (χ1v) is 35.7. The fourth-order valence-electron chi connectivity index (χ4n) is 10.2. The SMILES string of the molecule is CC/C=C\C/C=C\C/C=C\C/C=C\CCC(=O)OCC(COC(=O)CCCCCCCCCCCCCCCCCCCCC/C=C\CCCCCCCCCC)OC(=O)CCCCCCCC/C=C\C/C=C\C/C=C\CCCCCCC. The highest BCUT2D eigenvalue weighted by Gasteiger charge is 2.19. The standard InChI is InChI=1S/C77H134O6/c1-4-7-10-13-16-19-22-25-27-29-31-33-34-35-36-37-38-39-40-41-42-44-45-47-49-52-55-58-61-64-67-70-76(79)82-73-74(72-81-75(78)69-66-63-60-57-54-51-24-21-18-15-12-9-6-3)83-77(80)71-68-65-62-59-56-53-50-48-46-43-32-30-28-26-23-20-17-14-11-8-5-2/h9,12,18,21,23,26,29-32,46,48,51,54,60,63,74H,4-8,10-11,13-17,19-20,22,24-25,27-28,33-45,47,49-50,52-53,55-59,61-62,64-73H2,1-3H3/b12-9-,21-18-,26-23-,31-29-,32-30-,48-46-,54-51-,63-60-. The first kappa shape index (κ1) is 79.3. The molecule has 0 rings (SSSR count). The molecular weight excluding hydrogens is 1020 g/mol. The van der Waals surface area contributed by atoms with E-state index in [4.69, 9.17) is 14.2 Å². The van der Waals surface area contributed by atoms with E-state index in [1.54, 1.807) is 0 Å². The number of ether oxygens (including phenoxy) is 3. The van der Waals surface area contributed by atoms with Crippen molar-refractivity contribution in [3.63, 3.8) is 0 Å². The summed E-state index contributed by atoms with van der Waals surface area (Å²) in [5, 5.41) is 0. The zero-order valence-corrected chi connectivity index (χ0v) is 54.9. The smallest absolute Gasteiger partial charge is 0.306 e. The minimum atomic E-state index is -0.815. The zero-order chi connectivity index (χ0) is 59.9. The van der Waals surface area contributed by atoms with Gasteiger partial charge in [-0.2, -0.15) is 0 Å². The highest BCUT2D eigenvalue weighted by Crippen LogP contribution is 2.17. The van der Waals surface area contributed by atoms with Gasteiger partial charge >= 0.3 is 17.9 Å². The van der Waals surface area contributed by atoms with E-state index >= 15 is 0 Å². The lowest BCUT2D eigenvalue weighted by molar-refractivity contribution is -0.166. The molecule has 0 saturated heterocycles. The van der Waals surface area contributed by atoms with E-state index in [1.165, 1.54) is 218 Å². The second-order valence-electron chi connectivity index (χ2n) is 23.8. The van der Waals surface area contributed by atoms with Crippen LogP contribution in [0.2, 0.25) is 0 Å². The Bertz CT molecular complexity index is 1610. The normalized spacial score (nSPS) is 12.7. The Labute approximate surface area is 515 Å². The Morgan fingerprint density at radius 1 is 0.253 bits per heavy atom. The van der Waals surface area contributed by atoms with Crippen molar-refractivity contribution in [2.75, 3.05) is 13.2 Å². The Kier molecular flexibility index (Phi) is 67.7. The summed E-state index contributed by atoms with van der Waals surface area (Å²) in [6.45, 7) is 6.48. The van der Waals surface area contributed by atoms with Gasteiger partial charge in [0, 0.05) is 19.3 Å². The van der Waals surface area contributed by atoms with Crippen LogP contribution >= 0.6 is 0 Å². The molecule has 0 radical (unpaired) electrons. The Morgan fingerprint density at radius 2 is 0.494 bits per heavy atom. The van der Waals surface area contributed by atoms with Crippen LogP contribution in [0.4, 0.5) is 0 Å². The summed E-state index contributed by atoms with van der Waals surface area (Å²) in [6.07, 6.45) is 96.1. The van der Waals surface area contributed by atoms with E-state index in [1.807, 2.05) is 6.08 Å². The number of carbonyl (C=O) groups excluding carboxylic acids is 3. The summed E-state index contributed by atoms with van der Waals surface area (Å²) in [6, 6.07) is 0. The van der Waals surface area contributed by atoms with Gasteiger partial charge in [-0.15, -0.1) is 0 Å². The van der Waals surface area contributed by atoms with Crippen molar-refractivity contribution in [2.45, 2.75) is 361 Å². The Hall–Kier alpha value is -3.67. The van der Waals surface area contributed by atoms with Gasteiger partial charge in [-0.3, -0.25) is 14.4 Å². The highest BCUT2D eigenvalue weighted by atomic mass is 16.6. The highest BCUT2D eigenvalue weighted by molar-refractivity contribution is 5.71. The molecule has 1 unspecified atom stereocenters. The molecule has 0 aromatic heterocycles. The van der Waals surface area contributed by atoms with Crippen LogP contribution < -0.4 is 0 Å². The van der Waals surface area contributed by atoms with E-state index in [0.29, 0.717) is 19.3 Å². The molecule has 0 heterocycles. The number of rotatable bonds is 65. The van der Waals surface area contributed by atoms with Crippen LogP contribution in [-0.2, 0) is 28.6 Å². The van der Waals surface area contributed by atoms with Gasteiger partial charge in [0.05, 0.1) is 0 Å². The molecule has 83 heavy (non-hydrogen) atoms. The van der Waals surface area contributed by atoms with Gasteiger partial charge in [-0.25, -0.2) is 0 Å². The Morgan fingerprint density at radius 3 is 0.819 bits per heavy atom. The van der Waals surface area contributed by atoms with E-state index in [0.717, 1.165) is 89.9 Å². The molecule has 0 aliphatic carbocycles. The van der Waals surface area contributed by atoms with Crippen molar-refractivity contribution in [3.8, 4) is 0 Å². The number of unbranched alkanes of at least 4 members (excludes halogenated alkanes) is 38. The third kappa shape index (κ3) is 69.0. The lowest BCUT2D eigenvalue weighted by Crippen LogP contribution is -2.30. The maximum absolute atomic E-state index is 12.9. The molecule has 6 heteroatoms. The molecule has 0 spiro atoms. The maximum atomic E-state index is 12.9. The van der Waals surface area contributed by atoms with Crippen LogP contribution in [0.5, 0.6) is 0 Å². The maximum Gasteiger partial charge on any atom is 0.306 e. The molecule has 0 saturated carbocycles. The van der Waals surface area contributed by atoms with E-state index in [2.05, 4.69) is 112 Å². The lowest BCUT2D eigenvalue weighted by atomic mass is 10.0. The zero-order valence-electron chi connectivity index (χ0n) is 54.9. The van der Waals surface area contributed by atoms with Crippen molar-refractivity contribution < 1.29 is 28.6 Å². The summed E-state index contributed by atoms with van der Waals surface area (Å²) in [7, 11) is 0. The summed E-state index contributed by atoms with van der Waals surface area (Å²) < 4.78 is 16.9. The van der Waals surface area contributed by atoms with E-state index in [9.17, 15) is 14.4 Å². The quantitative estimate of drug-likeness (QED) is 0.0261. The van der Waals surface area contributed by atoms with Gasteiger partial charge in [0.25, 0.3) is 0 Å². The average Bonchev–Trinajstić information content (AvgIpc) is 3.49. The van der Waals surface area contributed by atoms with Crippen LogP contribution in [-0.4, -0.2) is 37.2 Å². The molecule has 0 aliphatic heterocycles. The summed E-state index contributed by atoms with van der Waals surface area (Å²) in [4.78, 5) is 38.3. The number of esters is 3. The van der Waals surface area contributed by atoms with Gasteiger partial charge in [0.2, 0.25) is 0 Å². The second-order valence-corrected chi connectivity index (χ2v) is 23.8. The molecule has 0 aromatic carbocycles. The van der Waals surface area contributed by atoms with Crippen molar-refractivity contribution in [3.05, 3.63) is 97.2 Å². The molecule has 0 aromatic rings. The minimum Gasteiger partial charge on any atom is -0.462 e. The predicted octanol–water partition coefficient (Wildman–Crippen LogP) is 24.8. The molecule has 0 N–H and O–H groups in total. The van der Waals surface area contributed by atoms with Crippen molar-refractivity contribution in [1.82, 2.24) is 0 Å². The molecule has 0 amide bonds. The molecule has 0 bridgehead atoms. The first-order chi connectivity index (χ1) is 41.0. The van der Waals surface area contributed by atoms with Gasteiger partial charge in [-0.05, 0) is 109 Å². The topological polar surface area (TPSA) is 78.9 Å². The summed E-state index contributed by atoms with van der Waals surface area (Å²) in [5.74, 6) is -0.988. The average molecular weight is 1160 g/mol. The number of allylic oxidation sites excluding steroid dienone is 16. The van der Waals surface area contributed by atoms with Crippen molar-refractivity contribution in [1.29, 1.82) is 0 Å². The van der Waals surface area contributed by atoms with E-state index < -0.39 is 6.10 Å². The van der Waals surface area contributed by atoms with Gasteiger partial charge in [-0.1, -0.05) is 323 Å². The van der Waals surface area contributed by atoms with Crippen LogP contribution in [0.25, 0.3) is 0 Å². The monoisotopic (exact) mass is 1160 g/mol. The summed E-state index contributed by atoms with van der Waals surface area (Å²) in [5.41, 5.74) is 0. The molecule has 0 fully saturated rings. The largest absolute Gasteiger partial charge is 0.462 e. The third-order valence-corrected chi connectivity index (χ3v) is 15.6. The number of hydrogen-bond acceptors (Lipinski definition) is 6. The predicted molar refractivity (Wildman–Crippen MR) is 362 cm³/mol. The number of carbonyl (C=O) groups is 3. The van der Waals surface area contributed by atoms with E-state index in [-0.39, 0.29) is 37.5 Å². The lowest BCUT2D eigenvalue weighted by Gasteiger charge is -2.18.